The van der Waals surface area contributed by atoms with Gasteiger partial charge in [0.05, 0.1) is 16.0 Å². The van der Waals surface area contributed by atoms with Crippen LogP contribution in [0.1, 0.15) is 24.4 Å². The highest BCUT2D eigenvalue weighted by atomic mass is 32.2. The molecular weight excluding hydrogens is 376 g/mol. The van der Waals surface area contributed by atoms with Gasteiger partial charge in [-0.25, -0.2) is 4.98 Å². The summed E-state index contributed by atoms with van der Waals surface area (Å²) in [6.07, 6.45) is 2.03. The zero-order chi connectivity index (χ0) is 19.2. The summed E-state index contributed by atoms with van der Waals surface area (Å²) in [6.45, 7) is 6.23. The minimum atomic E-state index is -0.830. The first-order valence-corrected chi connectivity index (χ1v) is 10.7. The second-order valence-electron chi connectivity index (χ2n) is 5.94. The van der Waals surface area contributed by atoms with E-state index in [-0.39, 0.29) is 5.75 Å². The minimum absolute atomic E-state index is 0.0132. The van der Waals surface area contributed by atoms with E-state index < -0.39 is 5.97 Å². The van der Waals surface area contributed by atoms with Crippen molar-refractivity contribution in [1.82, 2.24) is 4.98 Å². The molecule has 4 nitrogen and oxygen atoms in total. The fourth-order valence-electron chi connectivity index (χ4n) is 2.80. The van der Waals surface area contributed by atoms with Gasteiger partial charge in [0.15, 0.2) is 0 Å². The van der Waals surface area contributed by atoms with Gasteiger partial charge in [-0.05, 0) is 49.8 Å². The van der Waals surface area contributed by atoms with Crippen molar-refractivity contribution in [2.75, 3.05) is 23.7 Å². The predicted octanol–water partition coefficient (Wildman–Crippen LogP) is 5.46. The molecule has 0 atom stereocenters. The van der Waals surface area contributed by atoms with Gasteiger partial charge < -0.3 is 10.0 Å². The number of aromatic nitrogens is 1. The number of anilines is 1. The number of hydrogen-bond donors (Lipinski definition) is 1. The molecule has 6 heteroatoms. The van der Waals surface area contributed by atoms with Gasteiger partial charge in [0, 0.05) is 23.7 Å². The van der Waals surface area contributed by atoms with Crippen molar-refractivity contribution < 1.29 is 9.90 Å². The number of hydrogen-bond acceptors (Lipinski definition) is 5. The topological polar surface area (TPSA) is 53.4 Å². The number of carboxylic acid groups (broad SMARTS) is 1. The van der Waals surface area contributed by atoms with E-state index in [0.29, 0.717) is 0 Å². The summed E-state index contributed by atoms with van der Waals surface area (Å²) in [6, 6.07) is 16.3. The average molecular weight is 399 g/mol. The lowest BCUT2D eigenvalue weighted by Gasteiger charge is -2.20. The third-order valence-electron chi connectivity index (χ3n) is 4.18. The van der Waals surface area contributed by atoms with Gasteiger partial charge in [-0.15, -0.1) is 23.1 Å². The highest BCUT2D eigenvalue weighted by Gasteiger charge is 2.12. The van der Waals surface area contributed by atoms with Crippen molar-refractivity contribution in [2.45, 2.75) is 13.8 Å². The number of rotatable bonds is 8. The summed E-state index contributed by atoms with van der Waals surface area (Å²) in [5.41, 5.74) is 3.17. The van der Waals surface area contributed by atoms with E-state index in [4.69, 9.17) is 5.11 Å². The van der Waals surface area contributed by atoms with E-state index >= 15 is 0 Å². The number of thioether (sulfide) groups is 1. The van der Waals surface area contributed by atoms with Crippen LogP contribution in [0.15, 0.2) is 48.5 Å². The fraction of sp³-hybridized carbons (Fsp3) is 0.238. The monoisotopic (exact) mass is 398 g/mol. The van der Waals surface area contributed by atoms with Gasteiger partial charge in [0.25, 0.3) is 0 Å². The van der Waals surface area contributed by atoms with Crippen LogP contribution in [0.4, 0.5) is 5.69 Å². The number of nitrogens with zero attached hydrogens (tertiary/aromatic N) is 2. The summed E-state index contributed by atoms with van der Waals surface area (Å²) in [7, 11) is 0. The zero-order valence-electron chi connectivity index (χ0n) is 15.4. The third kappa shape index (κ3) is 4.90. The van der Waals surface area contributed by atoms with Crippen molar-refractivity contribution in [1.29, 1.82) is 0 Å². The molecule has 1 heterocycles. The molecule has 2 aromatic carbocycles. The van der Waals surface area contributed by atoms with Gasteiger partial charge in [-0.3, -0.25) is 4.79 Å². The molecule has 140 valence electrons. The zero-order valence-corrected chi connectivity index (χ0v) is 17.0. The van der Waals surface area contributed by atoms with Crippen molar-refractivity contribution in [3.8, 4) is 0 Å². The SMILES string of the molecule is CCN(CC)c1ccc(/C=C(\SCC(=O)O)c2nc3ccccc3s2)cc1. The molecule has 0 saturated heterocycles. The van der Waals surface area contributed by atoms with E-state index in [1.807, 2.05) is 30.3 Å². The molecule has 0 saturated carbocycles. The van der Waals surface area contributed by atoms with E-state index in [9.17, 15) is 4.79 Å². The van der Waals surface area contributed by atoms with Gasteiger partial charge in [0.1, 0.15) is 5.01 Å². The maximum absolute atomic E-state index is 11.1. The van der Waals surface area contributed by atoms with Crippen molar-refractivity contribution in [3.63, 3.8) is 0 Å². The summed E-state index contributed by atoms with van der Waals surface area (Å²) in [4.78, 5) is 18.9. The summed E-state index contributed by atoms with van der Waals surface area (Å²) in [5.74, 6) is -0.817. The molecule has 0 aliphatic carbocycles. The van der Waals surface area contributed by atoms with E-state index in [0.717, 1.165) is 38.8 Å². The Morgan fingerprint density at radius 3 is 2.48 bits per heavy atom. The Hall–Kier alpha value is -2.31. The number of aliphatic carboxylic acids is 1. The molecule has 3 rings (SSSR count). The van der Waals surface area contributed by atoms with Crippen LogP contribution in [0.25, 0.3) is 21.2 Å². The van der Waals surface area contributed by atoms with E-state index in [1.165, 1.54) is 17.4 Å². The molecule has 0 unspecified atom stereocenters. The van der Waals surface area contributed by atoms with E-state index in [2.05, 4.69) is 48.0 Å². The Morgan fingerprint density at radius 2 is 1.85 bits per heavy atom. The molecule has 0 amide bonds. The maximum Gasteiger partial charge on any atom is 0.313 e. The second-order valence-corrected chi connectivity index (χ2v) is 7.99. The quantitative estimate of drug-likeness (QED) is 0.546. The van der Waals surface area contributed by atoms with Gasteiger partial charge in [-0.1, -0.05) is 24.3 Å². The molecule has 0 aliphatic heterocycles. The summed E-state index contributed by atoms with van der Waals surface area (Å²) >= 11 is 2.90. The highest BCUT2D eigenvalue weighted by molar-refractivity contribution is 8.09. The van der Waals surface area contributed by atoms with Crippen LogP contribution in [-0.4, -0.2) is 34.9 Å². The first-order valence-electron chi connectivity index (χ1n) is 8.88. The molecule has 1 aromatic heterocycles. The molecule has 0 fully saturated rings. The largest absolute Gasteiger partial charge is 0.481 e. The van der Waals surface area contributed by atoms with Crippen molar-refractivity contribution >= 4 is 56.0 Å². The predicted molar refractivity (Wildman–Crippen MR) is 118 cm³/mol. The van der Waals surface area contributed by atoms with Crippen molar-refractivity contribution in [2.24, 2.45) is 0 Å². The summed E-state index contributed by atoms with van der Waals surface area (Å²) in [5, 5.41) is 9.95. The Bertz CT molecular complexity index is 911. The molecule has 0 radical (unpaired) electrons. The molecular formula is C21H22N2O2S2. The van der Waals surface area contributed by atoms with Crippen LogP contribution in [0, 0.1) is 0 Å². The number of carboxylic acids is 1. The standard InChI is InChI=1S/C21H22N2O2S2/c1-3-23(4-2)16-11-9-15(10-12-16)13-19(26-14-20(24)25)21-22-17-7-5-6-8-18(17)27-21/h5-13H,3-4,14H2,1-2H3,(H,24,25)/b19-13-. The number of fused-ring (bicyclic) bond motifs is 1. The third-order valence-corrected chi connectivity index (χ3v) is 6.39. The van der Waals surface area contributed by atoms with Crippen LogP contribution < -0.4 is 4.90 Å². The normalized spacial score (nSPS) is 11.7. The number of thiazole rings is 1. The Kier molecular flexibility index (Phi) is 6.53. The number of para-hydroxylation sites is 1. The van der Waals surface area contributed by atoms with Crippen LogP contribution in [0.2, 0.25) is 0 Å². The Labute approximate surface area is 167 Å². The first-order chi connectivity index (χ1) is 13.1. The Morgan fingerprint density at radius 1 is 1.15 bits per heavy atom. The van der Waals surface area contributed by atoms with E-state index in [1.54, 1.807) is 11.3 Å². The molecule has 0 spiro atoms. The summed E-state index contributed by atoms with van der Waals surface area (Å²) < 4.78 is 1.10. The van der Waals surface area contributed by atoms with Crippen LogP contribution in [0.3, 0.4) is 0 Å². The van der Waals surface area contributed by atoms with Gasteiger partial charge in [0.2, 0.25) is 0 Å². The number of carbonyl (C=O) groups is 1. The average Bonchev–Trinajstić information content (AvgIpc) is 3.11. The molecule has 1 N–H and O–H groups in total. The molecule has 3 aromatic rings. The van der Waals surface area contributed by atoms with Crippen LogP contribution in [-0.2, 0) is 4.79 Å². The highest BCUT2D eigenvalue weighted by Crippen LogP contribution is 2.35. The lowest BCUT2D eigenvalue weighted by atomic mass is 10.2. The lowest BCUT2D eigenvalue weighted by Crippen LogP contribution is -2.21. The molecule has 0 bridgehead atoms. The number of benzene rings is 2. The lowest BCUT2D eigenvalue weighted by molar-refractivity contribution is -0.133. The van der Waals surface area contributed by atoms with Gasteiger partial charge in [-0.2, -0.15) is 0 Å². The van der Waals surface area contributed by atoms with Crippen molar-refractivity contribution in [3.05, 3.63) is 59.1 Å². The van der Waals surface area contributed by atoms with Crippen LogP contribution >= 0.6 is 23.1 Å². The molecule has 0 aliphatic rings. The Balaban J connectivity index is 1.93. The molecule has 27 heavy (non-hydrogen) atoms. The smallest absolute Gasteiger partial charge is 0.313 e. The maximum atomic E-state index is 11.1. The minimum Gasteiger partial charge on any atom is -0.481 e. The van der Waals surface area contributed by atoms with Crippen LogP contribution in [0.5, 0.6) is 0 Å². The first kappa shape index (κ1) is 19.5. The van der Waals surface area contributed by atoms with Gasteiger partial charge >= 0.3 is 5.97 Å². The second kappa shape index (κ2) is 9.06. The fourth-order valence-corrected chi connectivity index (χ4v) is 4.65.